The first kappa shape index (κ1) is 25.2. The molecule has 7 aromatic carbocycles. The van der Waals surface area contributed by atoms with E-state index in [-0.39, 0.29) is 0 Å². The van der Waals surface area contributed by atoms with Crippen LogP contribution in [0.4, 0.5) is 0 Å². The molecule has 1 aromatic heterocycles. The molecule has 0 spiro atoms. The lowest BCUT2D eigenvalue weighted by Gasteiger charge is -2.20. The van der Waals surface area contributed by atoms with Gasteiger partial charge in [-0.15, -0.1) is 0 Å². The fourth-order valence-corrected chi connectivity index (χ4v) is 7.75. The van der Waals surface area contributed by atoms with Gasteiger partial charge in [-0.05, 0) is 79.9 Å². The van der Waals surface area contributed by atoms with Crippen LogP contribution in [0.5, 0.6) is 0 Å². The molecule has 9 rings (SSSR count). The van der Waals surface area contributed by atoms with Gasteiger partial charge >= 0.3 is 0 Å². The van der Waals surface area contributed by atoms with Crippen molar-refractivity contribution in [2.45, 2.75) is 9.79 Å². The third-order valence-corrected chi connectivity index (χ3v) is 9.85. The summed E-state index contributed by atoms with van der Waals surface area (Å²) >= 11 is 1.85. The summed E-state index contributed by atoms with van der Waals surface area (Å²) in [6.07, 6.45) is 0. The van der Waals surface area contributed by atoms with Crippen molar-refractivity contribution in [3.63, 3.8) is 0 Å². The van der Waals surface area contributed by atoms with Gasteiger partial charge in [-0.2, -0.15) is 0 Å². The number of fused-ring (bicyclic) bond motifs is 3. The van der Waals surface area contributed by atoms with Gasteiger partial charge < -0.3 is 4.42 Å². The van der Waals surface area contributed by atoms with Crippen LogP contribution in [0.25, 0.3) is 77.6 Å². The summed E-state index contributed by atoms with van der Waals surface area (Å²) in [4.78, 5) is 2.60. The highest BCUT2D eigenvalue weighted by molar-refractivity contribution is 7.99. The van der Waals surface area contributed by atoms with Gasteiger partial charge in [0.1, 0.15) is 11.5 Å². The van der Waals surface area contributed by atoms with Gasteiger partial charge in [0.2, 0.25) is 0 Å². The first-order valence-electron chi connectivity index (χ1n) is 14.9. The average molecular weight is 579 g/mol. The minimum absolute atomic E-state index is 0.869. The van der Waals surface area contributed by atoms with E-state index >= 15 is 0 Å². The molecule has 0 unspecified atom stereocenters. The van der Waals surface area contributed by atoms with Gasteiger partial charge in [-0.25, -0.2) is 0 Å². The van der Waals surface area contributed by atoms with Gasteiger partial charge in [-0.3, -0.25) is 0 Å². The van der Waals surface area contributed by atoms with E-state index in [1.807, 2.05) is 11.8 Å². The molecule has 0 atom stereocenters. The molecule has 44 heavy (non-hydrogen) atoms. The molecule has 206 valence electrons. The molecule has 0 N–H and O–H groups in total. The maximum atomic E-state index is 6.48. The molecule has 1 nitrogen and oxygen atoms in total. The Morgan fingerprint density at radius 3 is 1.64 bits per heavy atom. The second kappa shape index (κ2) is 10.2. The number of benzene rings is 7. The van der Waals surface area contributed by atoms with Gasteiger partial charge in [0.25, 0.3) is 0 Å². The van der Waals surface area contributed by atoms with Crippen molar-refractivity contribution >= 4 is 33.3 Å². The topological polar surface area (TPSA) is 13.1 Å². The predicted octanol–water partition coefficient (Wildman–Crippen LogP) is 12.4. The molecule has 8 aromatic rings. The normalized spacial score (nSPS) is 12.0. The Kier molecular flexibility index (Phi) is 5.82. The van der Waals surface area contributed by atoms with Crippen LogP contribution in [-0.4, -0.2) is 0 Å². The molecular formula is C42H26OS. The van der Waals surface area contributed by atoms with Crippen molar-refractivity contribution in [1.29, 1.82) is 0 Å². The van der Waals surface area contributed by atoms with Crippen LogP contribution in [0, 0.1) is 0 Å². The van der Waals surface area contributed by atoms with Gasteiger partial charge in [0.05, 0.1) is 0 Å². The van der Waals surface area contributed by atoms with Gasteiger partial charge in [-0.1, -0.05) is 139 Å². The van der Waals surface area contributed by atoms with Crippen LogP contribution in [0.15, 0.2) is 172 Å². The number of hydrogen-bond acceptors (Lipinski definition) is 2. The summed E-state index contributed by atoms with van der Waals surface area (Å²) in [6.45, 7) is 0. The van der Waals surface area contributed by atoms with Crippen LogP contribution >= 0.6 is 11.8 Å². The first-order valence-corrected chi connectivity index (χ1v) is 15.7. The minimum Gasteiger partial charge on any atom is -0.456 e. The summed E-state index contributed by atoms with van der Waals surface area (Å²) < 4.78 is 6.48. The van der Waals surface area contributed by atoms with E-state index in [1.54, 1.807) is 0 Å². The fraction of sp³-hybridized carbons (Fsp3) is 0. The third kappa shape index (κ3) is 4.11. The van der Waals surface area contributed by atoms with E-state index in [0.29, 0.717) is 0 Å². The molecule has 2 heterocycles. The molecule has 0 saturated heterocycles. The average Bonchev–Trinajstić information content (AvgIpc) is 3.59. The van der Waals surface area contributed by atoms with Gasteiger partial charge in [0.15, 0.2) is 0 Å². The zero-order chi connectivity index (χ0) is 29.0. The molecule has 0 saturated carbocycles. The van der Waals surface area contributed by atoms with Crippen LogP contribution < -0.4 is 0 Å². The molecule has 2 heteroatoms. The standard InChI is InChI=1S/C42H26OS/c1-2-8-27(9-3-1)33-14-4-10-30-11-5-15-34(41(30)33)28-18-20-29(21-19-28)37-23-24-38(43-37)32-22-25-39-36(26-32)35-16-6-12-31-13-7-17-40(44-39)42(31)35/h1-26H. The lowest BCUT2D eigenvalue weighted by Crippen LogP contribution is -1.93. The monoisotopic (exact) mass is 578 g/mol. The Bertz CT molecular complexity index is 2340. The molecule has 1 aliphatic rings. The second-order valence-electron chi connectivity index (χ2n) is 11.3. The highest BCUT2D eigenvalue weighted by atomic mass is 32.2. The summed E-state index contributed by atoms with van der Waals surface area (Å²) in [5, 5.41) is 5.14. The lowest BCUT2D eigenvalue weighted by molar-refractivity contribution is 0.597. The first-order chi connectivity index (χ1) is 21.8. The van der Waals surface area contributed by atoms with Crippen molar-refractivity contribution in [2.75, 3.05) is 0 Å². The van der Waals surface area contributed by atoms with Crippen molar-refractivity contribution in [3.8, 4) is 56.0 Å². The van der Waals surface area contributed by atoms with Crippen molar-refractivity contribution in [3.05, 3.63) is 158 Å². The van der Waals surface area contributed by atoms with E-state index < -0.39 is 0 Å². The number of rotatable bonds is 4. The smallest absolute Gasteiger partial charge is 0.134 e. The minimum atomic E-state index is 0.869. The molecule has 0 radical (unpaired) electrons. The Morgan fingerprint density at radius 2 is 0.909 bits per heavy atom. The van der Waals surface area contributed by atoms with Crippen LogP contribution in [0.2, 0.25) is 0 Å². The molecule has 0 fully saturated rings. The van der Waals surface area contributed by atoms with E-state index in [1.165, 1.54) is 64.7 Å². The summed E-state index contributed by atoms with van der Waals surface area (Å²) in [5.41, 5.74) is 9.62. The molecular weight excluding hydrogens is 553 g/mol. The predicted molar refractivity (Wildman–Crippen MR) is 185 cm³/mol. The zero-order valence-electron chi connectivity index (χ0n) is 23.8. The van der Waals surface area contributed by atoms with Crippen molar-refractivity contribution < 1.29 is 4.42 Å². The van der Waals surface area contributed by atoms with Crippen molar-refractivity contribution in [1.82, 2.24) is 0 Å². The Balaban J connectivity index is 1.06. The van der Waals surface area contributed by atoms with Gasteiger partial charge in [0, 0.05) is 26.3 Å². The van der Waals surface area contributed by atoms with Crippen molar-refractivity contribution in [2.24, 2.45) is 0 Å². The maximum absolute atomic E-state index is 6.48. The molecule has 0 aliphatic carbocycles. The van der Waals surface area contributed by atoms with E-state index in [4.69, 9.17) is 4.42 Å². The molecule has 0 amide bonds. The van der Waals surface area contributed by atoms with E-state index in [2.05, 4.69) is 158 Å². The number of furan rings is 1. The Morgan fingerprint density at radius 1 is 0.341 bits per heavy atom. The van der Waals surface area contributed by atoms with Crippen LogP contribution in [0.3, 0.4) is 0 Å². The molecule has 0 bridgehead atoms. The highest BCUT2D eigenvalue weighted by Crippen LogP contribution is 2.49. The third-order valence-electron chi connectivity index (χ3n) is 8.72. The Hall–Kier alpha value is -5.31. The second-order valence-corrected chi connectivity index (χ2v) is 12.4. The van der Waals surface area contributed by atoms with E-state index in [0.717, 1.165) is 22.6 Å². The molecule has 1 aliphatic heterocycles. The summed E-state index contributed by atoms with van der Waals surface area (Å²) in [7, 11) is 0. The maximum Gasteiger partial charge on any atom is 0.134 e. The van der Waals surface area contributed by atoms with Crippen LogP contribution in [-0.2, 0) is 0 Å². The van der Waals surface area contributed by atoms with E-state index in [9.17, 15) is 0 Å². The largest absolute Gasteiger partial charge is 0.456 e. The zero-order valence-corrected chi connectivity index (χ0v) is 24.6. The highest BCUT2D eigenvalue weighted by Gasteiger charge is 2.20. The number of hydrogen-bond donors (Lipinski definition) is 0. The lowest BCUT2D eigenvalue weighted by atomic mass is 9.91. The Labute approximate surface area is 260 Å². The summed E-state index contributed by atoms with van der Waals surface area (Å²) in [5.74, 6) is 1.75. The fourth-order valence-electron chi connectivity index (χ4n) is 6.62. The quantitative estimate of drug-likeness (QED) is 0.206. The SMILES string of the molecule is c1ccc(-c2cccc3cccc(-c4ccc(-c5ccc(-c6ccc7c(c6)-c6cccc8cccc(c68)S7)o5)cc4)c23)cc1. The van der Waals surface area contributed by atoms with Crippen LogP contribution in [0.1, 0.15) is 0 Å². The summed E-state index contributed by atoms with van der Waals surface area (Å²) in [6, 6.07) is 56.6.